The van der Waals surface area contributed by atoms with Gasteiger partial charge in [0, 0.05) is 71.6 Å². The van der Waals surface area contributed by atoms with Crippen molar-refractivity contribution >= 4 is 5.82 Å². The van der Waals surface area contributed by atoms with E-state index in [1.54, 1.807) is 24.0 Å². The van der Waals surface area contributed by atoms with Crippen LogP contribution in [-0.4, -0.2) is 69.9 Å². The van der Waals surface area contributed by atoms with Gasteiger partial charge in [-0.1, -0.05) is 0 Å². The van der Waals surface area contributed by atoms with E-state index in [-0.39, 0.29) is 11.7 Å². The molecule has 2 aromatic heterocycles. The summed E-state index contributed by atoms with van der Waals surface area (Å²) in [6.45, 7) is 5.23. The van der Waals surface area contributed by atoms with E-state index in [1.807, 2.05) is 30.7 Å². The molecular formula is C17H26N6O2. The molecule has 1 atom stereocenters. The van der Waals surface area contributed by atoms with Crippen molar-refractivity contribution in [1.82, 2.24) is 24.0 Å². The Bertz CT molecular complexity index is 714. The summed E-state index contributed by atoms with van der Waals surface area (Å²) < 4.78 is 9.53. The number of ether oxygens (including phenoxy) is 1. The second-order valence-electron chi connectivity index (χ2n) is 6.49. The molecule has 8 nitrogen and oxygen atoms in total. The third-order valence-corrected chi connectivity index (χ3v) is 4.51. The normalized spacial score (nSPS) is 18.4. The molecule has 0 saturated carbocycles. The quantitative estimate of drug-likeness (QED) is 0.714. The van der Waals surface area contributed by atoms with Gasteiger partial charge in [0.25, 0.3) is 5.56 Å². The van der Waals surface area contributed by atoms with E-state index in [0.29, 0.717) is 12.4 Å². The number of aromatic nitrogens is 4. The van der Waals surface area contributed by atoms with Gasteiger partial charge in [0.15, 0.2) is 5.82 Å². The van der Waals surface area contributed by atoms with E-state index >= 15 is 0 Å². The molecule has 1 saturated heterocycles. The number of hydrogen-bond donors (Lipinski definition) is 0. The fraction of sp³-hybridized carbons (Fsp3) is 0.588. The number of imidazole rings is 1. The zero-order valence-electron chi connectivity index (χ0n) is 14.9. The minimum absolute atomic E-state index is 0.0821. The lowest BCUT2D eigenvalue weighted by molar-refractivity contribution is -0.0240. The molecule has 1 aliphatic heterocycles. The average molecular weight is 346 g/mol. The molecule has 0 aromatic carbocycles. The van der Waals surface area contributed by atoms with Crippen LogP contribution in [0.5, 0.6) is 0 Å². The Balaban J connectivity index is 1.49. The Kier molecular flexibility index (Phi) is 5.83. The first-order chi connectivity index (χ1) is 12.1. The van der Waals surface area contributed by atoms with Gasteiger partial charge in [0.05, 0.1) is 19.0 Å². The molecule has 0 amide bonds. The number of anilines is 1. The zero-order chi connectivity index (χ0) is 17.6. The molecule has 0 unspecified atom stereocenters. The number of likely N-dealkylation sites (N-methyl/N-ethyl adjacent to an activating group) is 1. The summed E-state index contributed by atoms with van der Waals surface area (Å²) in [4.78, 5) is 24.8. The van der Waals surface area contributed by atoms with Crippen LogP contribution in [0.25, 0.3) is 0 Å². The molecule has 0 N–H and O–H groups in total. The summed E-state index contributed by atoms with van der Waals surface area (Å²) in [6.07, 6.45) is 10.1. The van der Waals surface area contributed by atoms with Crippen molar-refractivity contribution in [3.05, 3.63) is 41.5 Å². The van der Waals surface area contributed by atoms with Crippen LogP contribution in [0.3, 0.4) is 0 Å². The molecule has 0 spiro atoms. The van der Waals surface area contributed by atoms with Gasteiger partial charge in [-0.3, -0.25) is 9.69 Å². The van der Waals surface area contributed by atoms with Crippen LogP contribution in [-0.2, 0) is 18.3 Å². The van der Waals surface area contributed by atoms with Gasteiger partial charge in [0.2, 0.25) is 0 Å². The monoisotopic (exact) mass is 346 g/mol. The van der Waals surface area contributed by atoms with Gasteiger partial charge >= 0.3 is 0 Å². The zero-order valence-corrected chi connectivity index (χ0v) is 14.9. The predicted molar refractivity (Wildman–Crippen MR) is 95.8 cm³/mol. The van der Waals surface area contributed by atoms with E-state index in [0.717, 1.165) is 39.2 Å². The summed E-state index contributed by atoms with van der Waals surface area (Å²) in [5.41, 5.74) is -0.0852. The molecule has 136 valence electrons. The summed E-state index contributed by atoms with van der Waals surface area (Å²) in [5, 5.41) is 0. The number of hydrogen-bond acceptors (Lipinski definition) is 6. The molecule has 3 heterocycles. The predicted octanol–water partition coefficient (Wildman–Crippen LogP) is 0.204. The van der Waals surface area contributed by atoms with Crippen LogP contribution >= 0.6 is 0 Å². The average Bonchev–Trinajstić information content (AvgIpc) is 3.11. The molecule has 0 radical (unpaired) electrons. The number of rotatable bonds is 7. The molecule has 8 heteroatoms. The van der Waals surface area contributed by atoms with E-state index in [2.05, 4.69) is 19.4 Å². The molecule has 0 aliphatic carbocycles. The van der Waals surface area contributed by atoms with E-state index < -0.39 is 0 Å². The maximum atomic E-state index is 12.2. The van der Waals surface area contributed by atoms with Crippen molar-refractivity contribution in [2.24, 2.45) is 7.05 Å². The maximum Gasteiger partial charge on any atom is 0.293 e. The maximum absolute atomic E-state index is 12.2. The standard InChI is InChI=1S/C17H26N6O2/c1-20-8-5-19-16(17(20)24)21(2)12-15-13-22(10-11-25-15)6-3-7-23-9-4-18-14-23/h4-5,8-9,14-15H,3,6-7,10-13H2,1-2H3/t15-/m0/s1. The molecule has 0 bridgehead atoms. The van der Waals surface area contributed by atoms with Gasteiger partial charge in [-0.15, -0.1) is 0 Å². The lowest BCUT2D eigenvalue weighted by Gasteiger charge is -2.35. The fourth-order valence-corrected chi connectivity index (χ4v) is 3.13. The molecule has 1 fully saturated rings. The van der Waals surface area contributed by atoms with Crippen LogP contribution in [0, 0.1) is 0 Å². The highest BCUT2D eigenvalue weighted by atomic mass is 16.5. The lowest BCUT2D eigenvalue weighted by Crippen LogP contribution is -2.48. The second-order valence-corrected chi connectivity index (χ2v) is 6.49. The lowest BCUT2D eigenvalue weighted by atomic mass is 10.2. The SMILES string of the molecule is CN(C[C@H]1CN(CCCn2ccnc2)CCO1)c1nccn(C)c1=O. The third-order valence-electron chi connectivity index (χ3n) is 4.51. The Morgan fingerprint density at radius 1 is 1.32 bits per heavy atom. The molecule has 1 aliphatic rings. The highest BCUT2D eigenvalue weighted by Crippen LogP contribution is 2.10. The molecule has 3 rings (SSSR count). The smallest absolute Gasteiger partial charge is 0.293 e. The van der Waals surface area contributed by atoms with Crippen molar-refractivity contribution in [3.8, 4) is 0 Å². The van der Waals surface area contributed by atoms with Gasteiger partial charge in [-0.2, -0.15) is 0 Å². The first-order valence-electron chi connectivity index (χ1n) is 8.66. The molecular weight excluding hydrogens is 320 g/mol. The molecule has 25 heavy (non-hydrogen) atoms. The van der Waals surface area contributed by atoms with Gasteiger partial charge in [-0.25, -0.2) is 9.97 Å². The highest BCUT2D eigenvalue weighted by molar-refractivity contribution is 5.34. The number of nitrogens with zero attached hydrogens (tertiary/aromatic N) is 6. The second kappa shape index (κ2) is 8.26. The van der Waals surface area contributed by atoms with Gasteiger partial charge in [-0.05, 0) is 6.42 Å². The number of morpholine rings is 1. The van der Waals surface area contributed by atoms with Gasteiger partial charge < -0.3 is 18.8 Å². The minimum Gasteiger partial charge on any atom is -0.374 e. The third kappa shape index (κ3) is 4.67. The van der Waals surface area contributed by atoms with E-state index in [4.69, 9.17) is 4.74 Å². The Labute approximate surface area is 147 Å². The largest absolute Gasteiger partial charge is 0.374 e. The van der Waals surface area contributed by atoms with Crippen LogP contribution in [0.2, 0.25) is 0 Å². The molecule has 2 aromatic rings. The van der Waals surface area contributed by atoms with Crippen molar-refractivity contribution in [2.75, 3.05) is 44.7 Å². The Hall–Kier alpha value is -2.19. The number of aryl methyl sites for hydroxylation is 2. The highest BCUT2D eigenvalue weighted by Gasteiger charge is 2.22. The van der Waals surface area contributed by atoms with Crippen LogP contribution < -0.4 is 10.5 Å². The van der Waals surface area contributed by atoms with Crippen molar-refractivity contribution in [1.29, 1.82) is 0 Å². The van der Waals surface area contributed by atoms with Crippen LogP contribution in [0.1, 0.15) is 6.42 Å². The first-order valence-corrected chi connectivity index (χ1v) is 8.66. The Morgan fingerprint density at radius 3 is 3.00 bits per heavy atom. The minimum atomic E-state index is -0.0852. The summed E-state index contributed by atoms with van der Waals surface area (Å²) in [7, 11) is 3.63. The van der Waals surface area contributed by atoms with Crippen molar-refractivity contribution in [3.63, 3.8) is 0 Å². The van der Waals surface area contributed by atoms with Crippen LogP contribution in [0.15, 0.2) is 35.9 Å². The van der Waals surface area contributed by atoms with E-state index in [1.165, 1.54) is 0 Å². The fourth-order valence-electron chi connectivity index (χ4n) is 3.13. The van der Waals surface area contributed by atoms with E-state index in [9.17, 15) is 4.79 Å². The topological polar surface area (TPSA) is 68.4 Å². The van der Waals surface area contributed by atoms with Crippen molar-refractivity contribution in [2.45, 2.75) is 19.1 Å². The first kappa shape index (κ1) is 17.6. The van der Waals surface area contributed by atoms with Crippen molar-refractivity contribution < 1.29 is 4.74 Å². The van der Waals surface area contributed by atoms with Gasteiger partial charge in [0.1, 0.15) is 0 Å². The summed E-state index contributed by atoms with van der Waals surface area (Å²) >= 11 is 0. The van der Waals surface area contributed by atoms with Crippen LogP contribution in [0.4, 0.5) is 5.82 Å². The summed E-state index contributed by atoms with van der Waals surface area (Å²) in [5.74, 6) is 0.464. The summed E-state index contributed by atoms with van der Waals surface area (Å²) in [6, 6.07) is 0. The Morgan fingerprint density at radius 2 is 2.20 bits per heavy atom.